The van der Waals surface area contributed by atoms with Crippen LogP contribution in [0.4, 0.5) is 0 Å². The van der Waals surface area contributed by atoms with Crippen molar-refractivity contribution < 1.29 is 25.2 Å². The van der Waals surface area contributed by atoms with Crippen LogP contribution in [0.2, 0.25) is 0 Å². The van der Waals surface area contributed by atoms with E-state index >= 15 is 0 Å². The fraction of sp³-hybridized carbons (Fsp3) is 0.0750. The van der Waals surface area contributed by atoms with Crippen molar-refractivity contribution in [2.45, 2.75) is 19.3 Å². The first-order valence-electron chi connectivity index (χ1n) is 15.4. The summed E-state index contributed by atoms with van der Waals surface area (Å²) < 4.78 is 10.8. The summed E-state index contributed by atoms with van der Waals surface area (Å²) >= 11 is 0. The molecule has 1 aliphatic heterocycles. The number of pyridine rings is 3. The summed E-state index contributed by atoms with van der Waals surface area (Å²) in [5.41, 5.74) is 7.97. The Hall–Kier alpha value is -5.35. The zero-order chi connectivity index (χ0) is 30.6. The molecular weight excluding hydrogens is 673 g/mol. The van der Waals surface area contributed by atoms with E-state index in [-0.39, 0.29) is 25.8 Å². The maximum absolute atomic E-state index is 6.52. The molecule has 7 heteroatoms. The van der Waals surface area contributed by atoms with Gasteiger partial charge in [0.2, 0.25) is 0 Å². The topological polar surface area (TPSA) is 57.2 Å². The van der Waals surface area contributed by atoms with Gasteiger partial charge in [0.15, 0.2) is 0 Å². The molecular formula is C40H25N5OPd. The van der Waals surface area contributed by atoms with Gasteiger partial charge in [-0.2, -0.15) is 6.07 Å². The number of aromatic nitrogens is 5. The van der Waals surface area contributed by atoms with Crippen LogP contribution in [0, 0.1) is 12.1 Å². The average Bonchev–Trinajstić information content (AvgIpc) is 3.69. The molecule has 6 heterocycles. The van der Waals surface area contributed by atoms with Crippen molar-refractivity contribution in [2.75, 3.05) is 0 Å². The van der Waals surface area contributed by atoms with Crippen molar-refractivity contribution in [2.24, 2.45) is 0 Å². The largest absolute Gasteiger partial charge is 2.00 e. The normalized spacial score (nSPS) is 13.3. The number of benzene rings is 4. The van der Waals surface area contributed by atoms with E-state index in [0.717, 1.165) is 55.4 Å². The molecule has 0 bridgehead atoms. The molecule has 0 atom stereocenters. The summed E-state index contributed by atoms with van der Waals surface area (Å²) in [5.74, 6) is 2.14. The number of fused-ring (bicyclic) bond motifs is 11. The molecule has 226 valence electrons. The van der Waals surface area contributed by atoms with E-state index in [1.165, 1.54) is 22.0 Å². The molecule has 47 heavy (non-hydrogen) atoms. The molecule has 1 aliphatic rings. The molecule has 0 spiro atoms. The van der Waals surface area contributed by atoms with Gasteiger partial charge in [-0.1, -0.05) is 96.9 Å². The van der Waals surface area contributed by atoms with Crippen LogP contribution in [0.25, 0.3) is 66.3 Å². The maximum Gasteiger partial charge on any atom is 2.00 e. The second-order valence-electron chi connectivity index (χ2n) is 12.4. The van der Waals surface area contributed by atoms with E-state index in [1.54, 1.807) is 0 Å². The van der Waals surface area contributed by atoms with Crippen LogP contribution in [0.5, 0.6) is 11.5 Å². The Labute approximate surface area is 284 Å². The van der Waals surface area contributed by atoms with Crippen molar-refractivity contribution >= 4 is 49.3 Å². The first kappa shape index (κ1) is 27.9. The van der Waals surface area contributed by atoms with E-state index in [9.17, 15) is 0 Å². The van der Waals surface area contributed by atoms with Gasteiger partial charge in [0.25, 0.3) is 0 Å². The molecule has 10 rings (SSSR count). The van der Waals surface area contributed by atoms with Crippen LogP contribution in [-0.2, 0) is 25.8 Å². The summed E-state index contributed by atoms with van der Waals surface area (Å²) in [5, 5.41) is 5.23. The zero-order valence-electron chi connectivity index (χ0n) is 25.4. The number of ether oxygens (including phenoxy) is 1. The smallest absolute Gasteiger partial charge is 0.503 e. The van der Waals surface area contributed by atoms with Gasteiger partial charge < -0.3 is 13.7 Å². The fourth-order valence-electron chi connectivity index (χ4n) is 7.27. The van der Waals surface area contributed by atoms with Gasteiger partial charge in [0, 0.05) is 52.1 Å². The maximum atomic E-state index is 6.52. The van der Waals surface area contributed by atoms with Crippen molar-refractivity contribution in [1.82, 2.24) is 23.9 Å². The minimum absolute atomic E-state index is 0. The van der Waals surface area contributed by atoms with Crippen molar-refractivity contribution in [1.29, 1.82) is 0 Å². The monoisotopic (exact) mass is 697 g/mol. The van der Waals surface area contributed by atoms with Crippen LogP contribution in [0.15, 0.2) is 116 Å². The third kappa shape index (κ3) is 3.91. The quantitative estimate of drug-likeness (QED) is 0.105. The summed E-state index contributed by atoms with van der Waals surface area (Å²) in [4.78, 5) is 14.7. The van der Waals surface area contributed by atoms with Crippen LogP contribution in [0.1, 0.15) is 25.0 Å². The van der Waals surface area contributed by atoms with Crippen LogP contribution < -0.4 is 4.74 Å². The van der Waals surface area contributed by atoms with E-state index in [4.69, 9.17) is 19.7 Å². The molecule has 0 fully saturated rings. The van der Waals surface area contributed by atoms with Crippen molar-refractivity contribution in [3.63, 3.8) is 0 Å². The van der Waals surface area contributed by atoms with Gasteiger partial charge in [-0.15, -0.1) is 29.7 Å². The van der Waals surface area contributed by atoms with Gasteiger partial charge in [-0.3, -0.25) is 4.98 Å². The minimum atomic E-state index is -0.175. The summed E-state index contributed by atoms with van der Waals surface area (Å²) in [6.07, 6.45) is 5.73. The Kier molecular flexibility index (Phi) is 5.98. The second kappa shape index (κ2) is 10.1. The number of imidazole rings is 1. The van der Waals surface area contributed by atoms with Gasteiger partial charge in [-0.25, -0.2) is 9.97 Å². The predicted octanol–water partition coefficient (Wildman–Crippen LogP) is 9.22. The third-order valence-electron chi connectivity index (χ3n) is 9.46. The van der Waals surface area contributed by atoms with Gasteiger partial charge >= 0.3 is 20.4 Å². The van der Waals surface area contributed by atoms with Crippen LogP contribution in [0.3, 0.4) is 0 Å². The van der Waals surface area contributed by atoms with Gasteiger partial charge in [0.05, 0.1) is 11.3 Å². The Balaban J connectivity index is 0.00000302. The first-order valence-corrected chi connectivity index (χ1v) is 15.4. The molecule has 4 aromatic carbocycles. The zero-order valence-corrected chi connectivity index (χ0v) is 27.0. The molecule has 6 nitrogen and oxygen atoms in total. The van der Waals surface area contributed by atoms with E-state index in [0.29, 0.717) is 11.5 Å². The second-order valence-corrected chi connectivity index (χ2v) is 12.4. The molecule has 5 aromatic heterocycles. The Bertz CT molecular complexity index is 2710. The van der Waals surface area contributed by atoms with E-state index in [1.807, 2.05) is 61.1 Å². The summed E-state index contributed by atoms with van der Waals surface area (Å²) in [7, 11) is 0. The van der Waals surface area contributed by atoms with Crippen molar-refractivity contribution in [3.8, 4) is 28.6 Å². The third-order valence-corrected chi connectivity index (χ3v) is 9.46. The minimum Gasteiger partial charge on any atom is -0.503 e. The Morgan fingerprint density at radius 1 is 0.660 bits per heavy atom. The Morgan fingerprint density at radius 2 is 1.40 bits per heavy atom. The number of hydrogen-bond donors (Lipinski definition) is 0. The predicted molar refractivity (Wildman–Crippen MR) is 182 cm³/mol. The van der Waals surface area contributed by atoms with Gasteiger partial charge in [0.1, 0.15) is 11.5 Å². The number of hydrogen-bond acceptors (Lipinski definition) is 4. The number of nitrogens with zero attached hydrogens (tertiary/aromatic N) is 5. The standard InChI is InChI=1S/C40H25N5O.Pd/c1-40(2)32-13-6-11-29-28-18-16-26(22-35(28)45(36(29)32)39-33(40)14-8-20-42-39)46-25-15-17-27-30-12-7-19-41-37(30)44-23-34(24-9-4-3-5-10-24)43-38(44)31(27)21-25;/h3-20,23H,1-2H3;/q-2;+2. The molecule has 0 N–H and O–H groups in total. The Morgan fingerprint density at radius 3 is 2.28 bits per heavy atom. The number of rotatable bonds is 3. The fourth-order valence-corrected chi connectivity index (χ4v) is 7.27. The molecule has 0 saturated heterocycles. The van der Waals surface area contributed by atoms with Crippen molar-refractivity contribution in [3.05, 3.63) is 139 Å². The molecule has 0 amide bonds. The molecule has 9 aromatic rings. The molecule has 0 saturated carbocycles. The number of para-hydroxylation sites is 1. The summed E-state index contributed by atoms with van der Waals surface area (Å²) in [6, 6.07) is 40.3. The van der Waals surface area contributed by atoms with E-state index < -0.39 is 0 Å². The van der Waals surface area contributed by atoms with E-state index in [2.05, 4.69) is 89.5 Å². The molecule has 0 radical (unpaired) electrons. The summed E-state index contributed by atoms with van der Waals surface area (Å²) in [6.45, 7) is 4.55. The van der Waals surface area contributed by atoms with Gasteiger partial charge in [-0.05, 0) is 28.5 Å². The molecule has 0 unspecified atom stereocenters. The van der Waals surface area contributed by atoms with Crippen LogP contribution in [-0.4, -0.2) is 23.9 Å². The van der Waals surface area contributed by atoms with Crippen LogP contribution >= 0.6 is 0 Å². The first-order chi connectivity index (χ1) is 22.6. The average molecular weight is 698 g/mol. The SMILES string of the molecule is CC1(C)c2cccnc2-n2c3[c-]c(Oc4[c-]c5c(cc4)c4cccnc4n4cc(-c6ccccc6)nc54)ccc3c3cccc1c32.[Pd+2]. The molecule has 0 aliphatic carbocycles.